The van der Waals surface area contributed by atoms with Crippen LogP contribution in [0.4, 0.5) is 0 Å². The lowest BCUT2D eigenvalue weighted by atomic mass is 9.97. The molecule has 3 aromatic rings. The molecular weight excluding hydrogens is 340 g/mol. The number of pyridine rings is 1. The molecule has 7 nitrogen and oxygen atoms in total. The fourth-order valence-corrected chi connectivity index (χ4v) is 4.05. The number of likely N-dealkylation sites (tertiary alicyclic amines) is 1. The van der Waals surface area contributed by atoms with Crippen molar-refractivity contribution in [3.63, 3.8) is 0 Å². The van der Waals surface area contributed by atoms with Crippen molar-refractivity contribution in [2.45, 2.75) is 38.8 Å². The van der Waals surface area contributed by atoms with Crippen molar-refractivity contribution in [3.8, 4) is 5.69 Å². The van der Waals surface area contributed by atoms with Gasteiger partial charge in [0.15, 0.2) is 0 Å². The molecule has 7 heteroatoms. The van der Waals surface area contributed by atoms with Crippen LogP contribution in [-0.2, 0) is 20.1 Å². The Morgan fingerprint density at radius 1 is 1.26 bits per heavy atom. The summed E-state index contributed by atoms with van der Waals surface area (Å²) in [5, 5.41) is 4.53. The van der Waals surface area contributed by atoms with Crippen LogP contribution in [0.5, 0.6) is 0 Å². The largest absolute Gasteiger partial charge is 0.345 e. The van der Waals surface area contributed by atoms with E-state index in [9.17, 15) is 4.79 Å². The van der Waals surface area contributed by atoms with E-state index in [0.29, 0.717) is 12.5 Å². The summed E-state index contributed by atoms with van der Waals surface area (Å²) in [7, 11) is 1.74. The Morgan fingerprint density at radius 2 is 2.15 bits per heavy atom. The van der Waals surface area contributed by atoms with Crippen molar-refractivity contribution in [3.05, 3.63) is 64.9 Å². The van der Waals surface area contributed by atoms with Gasteiger partial charge in [0.1, 0.15) is 5.82 Å². The molecule has 1 unspecified atom stereocenters. The third-order valence-electron chi connectivity index (χ3n) is 5.37. The smallest absolute Gasteiger partial charge is 0.318 e. The first kappa shape index (κ1) is 17.7. The minimum atomic E-state index is -0.0184. The molecule has 0 amide bonds. The van der Waals surface area contributed by atoms with Crippen LogP contribution in [0.25, 0.3) is 5.69 Å². The van der Waals surface area contributed by atoms with Gasteiger partial charge in [0, 0.05) is 50.7 Å². The fraction of sp³-hybridized carbons (Fsp3) is 0.450. The highest BCUT2D eigenvalue weighted by molar-refractivity contribution is 5.32. The highest BCUT2D eigenvalue weighted by Gasteiger charge is 2.27. The molecule has 3 aromatic heterocycles. The van der Waals surface area contributed by atoms with Gasteiger partial charge in [0.25, 0.3) is 0 Å². The van der Waals surface area contributed by atoms with Crippen LogP contribution in [0, 0.1) is 0 Å². The summed E-state index contributed by atoms with van der Waals surface area (Å²) in [6, 6.07) is 8.28. The van der Waals surface area contributed by atoms with Gasteiger partial charge in [-0.3, -0.25) is 14.5 Å². The Bertz CT molecular complexity index is 955. The van der Waals surface area contributed by atoms with Gasteiger partial charge < -0.3 is 4.57 Å². The van der Waals surface area contributed by atoms with Gasteiger partial charge >= 0.3 is 5.69 Å². The third kappa shape index (κ3) is 3.47. The summed E-state index contributed by atoms with van der Waals surface area (Å²) in [6.07, 6.45) is 7.96. The van der Waals surface area contributed by atoms with Crippen molar-refractivity contribution in [2.75, 3.05) is 13.1 Å². The predicted octanol–water partition coefficient (Wildman–Crippen LogP) is 2.17. The average molecular weight is 366 g/mol. The fourth-order valence-electron chi connectivity index (χ4n) is 4.05. The summed E-state index contributed by atoms with van der Waals surface area (Å²) >= 11 is 0. The van der Waals surface area contributed by atoms with Crippen LogP contribution in [0.2, 0.25) is 0 Å². The molecule has 0 spiro atoms. The molecule has 0 aliphatic carbocycles. The number of nitrogens with zero attached hydrogens (tertiary/aromatic N) is 6. The van der Waals surface area contributed by atoms with E-state index in [1.54, 1.807) is 13.2 Å². The van der Waals surface area contributed by atoms with E-state index in [-0.39, 0.29) is 5.69 Å². The van der Waals surface area contributed by atoms with E-state index in [2.05, 4.69) is 43.9 Å². The topological polar surface area (TPSA) is 60.9 Å². The van der Waals surface area contributed by atoms with E-state index < -0.39 is 0 Å². The molecule has 4 heterocycles. The first-order valence-corrected chi connectivity index (χ1v) is 9.60. The van der Waals surface area contributed by atoms with Crippen LogP contribution in [0.15, 0.2) is 47.7 Å². The van der Waals surface area contributed by atoms with Crippen LogP contribution in [0.3, 0.4) is 0 Å². The van der Waals surface area contributed by atoms with Crippen molar-refractivity contribution < 1.29 is 0 Å². The number of hydrogen-bond acceptors (Lipinski definition) is 4. The molecule has 0 aromatic carbocycles. The molecule has 0 bridgehead atoms. The van der Waals surface area contributed by atoms with Gasteiger partial charge in [-0.1, -0.05) is 0 Å². The van der Waals surface area contributed by atoms with Crippen LogP contribution >= 0.6 is 0 Å². The number of piperidine rings is 1. The zero-order valence-corrected chi connectivity index (χ0v) is 16.0. The van der Waals surface area contributed by atoms with Crippen LogP contribution in [0.1, 0.15) is 37.2 Å². The van der Waals surface area contributed by atoms with Gasteiger partial charge in [0.05, 0.1) is 11.9 Å². The summed E-state index contributed by atoms with van der Waals surface area (Å²) in [6.45, 7) is 5.55. The summed E-state index contributed by atoms with van der Waals surface area (Å²) in [5.41, 5.74) is 2.31. The third-order valence-corrected chi connectivity index (χ3v) is 5.37. The molecule has 1 aliphatic heterocycles. The second-order valence-corrected chi connectivity index (χ2v) is 7.16. The maximum Gasteiger partial charge on any atom is 0.345 e. The zero-order chi connectivity index (χ0) is 18.8. The van der Waals surface area contributed by atoms with E-state index in [0.717, 1.165) is 44.0 Å². The second-order valence-electron chi connectivity index (χ2n) is 7.16. The van der Waals surface area contributed by atoms with E-state index in [4.69, 9.17) is 0 Å². The predicted molar refractivity (Wildman–Crippen MR) is 104 cm³/mol. The zero-order valence-electron chi connectivity index (χ0n) is 16.0. The highest BCUT2D eigenvalue weighted by atomic mass is 16.2. The number of aromatic nitrogens is 5. The lowest BCUT2D eigenvalue weighted by Crippen LogP contribution is -2.36. The Morgan fingerprint density at radius 3 is 2.93 bits per heavy atom. The molecule has 142 valence electrons. The van der Waals surface area contributed by atoms with Crippen molar-refractivity contribution in [1.82, 2.24) is 28.8 Å². The molecule has 0 N–H and O–H groups in total. The maximum atomic E-state index is 12.2. The van der Waals surface area contributed by atoms with E-state index >= 15 is 0 Å². The monoisotopic (exact) mass is 366 g/mol. The lowest BCUT2D eigenvalue weighted by Gasteiger charge is -2.32. The number of rotatable bonds is 5. The summed E-state index contributed by atoms with van der Waals surface area (Å²) in [5.74, 6) is 1.23. The van der Waals surface area contributed by atoms with Crippen molar-refractivity contribution >= 4 is 0 Å². The Kier molecular flexibility index (Phi) is 4.94. The molecule has 1 atom stereocenters. The van der Waals surface area contributed by atoms with E-state index in [1.165, 1.54) is 10.4 Å². The van der Waals surface area contributed by atoms with Crippen LogP contribution in [-0.4, -0.2) is 41.9 Å². The van der Waals surface area contributed by atoms with Crippen molar-refractivity contribution in [2.24, 2.45) is 7.05 Å². The minimum Gasteiger partial charge on any atom is -0.318 e. The molecule has 0 saturated carbocycles. The number of aryl methyl sites for hydroxylation is 1. The standard InChI is InChI=1S/C20H26N6O/c1-3-25-19(22-23(2)20(25)27)16-7-5-11-24(14-16)15-18-9-6-12-26(18)17-8-4-10-21-13-17/h4,6,8-10,12-13,16H,3,5,7,11,14-15H2,1-2H3. The lowest BCUT2D eigenvalue weighted by molar-refractivity contribution is 0.191. The van der Waals surface area contributed by atoms with Gasteiger partial charge in [-0.25, -0.2) is 9.48 Å². The van der Waals surface area contributed by atoms with E-state index in [1.807, 2.05) is 23.8 Å². The second kappa shape index (κ2) is 7.52. The first-order valence-electron chi connectivity index (χ1n) is 9.60. The Labute approximate surface area is 158 Å². The minimum absolute atomic E-state index is 0.0184. The summed E-state index contributed by atoms with van der Waals surface area (Å²) in [4.78, 5) is 18.9. The number of hydrogen-bond donors (Lipinski definition) is 0. The molecule has 1 aliphatic rings. The Hall–Kier alpha value is -2.67. The SMILES string of the molecule is CCn1c(C2CCCN(Cc3cccn3-c3cccnc3)C2)nn(C)c1=O. The van der Waals surface area contributed by atoms with Crippen molar-refractivity contribution in [1.29, 1.82) is 0 Å². The normalized spacial score (nSPS) is 18.1. The quantitative estimate of drug-likeness (QED) is 0.694. The molecule has 1 saturated heterocycles. The van der Waals surface area contributed by atoms with Gasteiger partial charge in [0.2, 0.25) is 0 Å². The molecular formula is C20H26N6O. The molecule has 4 rings (SSSR count). The molecule has 1 fully saturated rings. The summed E-state index contributed by atoms with van der Waals surface area (Å²) < 4.78 is 5.47. The Balaban J connectivity index is 1.53. The van der Waals surface area contributed by atoms with Gasteiger partial charge in [-0.2, -0.15) is 5.10 Å². The average Bonchev–Trinajstić information content (AvgIpc) is 3.27. The van der Waals surface area contributed by atoms with Gasteiger partial charge in [-0.15, -0.1) is 0 Å². The molecule has 0 radical (unpaired) electrons. The first-order chi connectivity index (χ1) is 13.2. The molecule has 27 heavy (non-hydrogen) atoms. The van der Waals surface area contributed by atoms with Gasteiger partial charge in [-0.05, 0) is 50.6 Å². The maximum absolute atomic E-state index is 12.2. The highest BCUT2D eigenvalue weighted by Crippen LogP contribution is 2.26. The van der Waals surface area contributed by atoms with Crippen LogP contribution < -0.4 is 5.69 Å².